The maximum absolute atomic E-state index is 13.1. The van der Waals surface area contributed by atoms with Crippen molar-refractivity contribution in [3.8, 4) is 0 Å². The predicted octanol–water partition coefficient (Wildman–Crippen LogP) is 4.70. The Morgan fingerprint density at radius 1 is 1.03 bits per heavy atom. The van der Waals surface area contributed by atoms with Gasteiger partial charge in [-0.1, -0.05) is 35.9 Å². The van der Waals surface area contributed by atoms with Crippen LogP contribution in [-0.4, -0.2) is 14.3 Å². The third-order valence-electron chi connectivity index (χ3n) is 5.03. The number of sulfonamides is 1. The number of benzene rings is 3. The van der Waals surface area contributed by atoms with Gasteiger partial charge in [0.1, 0.15) is 5.82 Å². The summed E-state index contributed by atoms with van der Waals surface area (Å²) in [5, 5.41) is 3.14. The quantitative estimate of drug-likeness (QED) is 0.599. The molecule has 30 heavy (non-hydrogen) atoms. The van der Waals surface area contributed by atoms with Gasteiger partial charge in [0.25, 0.3) is 15.9 Å². The van der Waals surface area contributed by atoms with Gasteiger partial charge < -0.3 is 5.32 Å². The highest BCUT2D eigenvalue weighted by molar-refractivity contribution is 7.92. The lowest BCUT2D eigenvalue weighted by Crippen LogP contribution is -2.27. The van der Waals surface area contributed by atoms with Crippen molar-refractivity contribution in [1.82, 2.24) is 5.32 Å². The lowest BCUT2D eigenvalue weighted by atomic mass is 10.1. The number of halogens is 2. The molecule has 3 aromatic rings. The van der Waals surface area contributed by atoms with Gasteiger partial charge in [-0.2, -0.15) is 0 Å². The number of carbonyl (C=O) groups is 1. The minimum absolute atomic E-state index is 0.0699. The molecule has 2 N–H and O–H groups in total. The second-order valence-corrected chi connectivity index (χ2v) is 9.11. The van der Waals surface area contributed by atoms with E-state index in [-0.39, 0.29) is 33.1 Å². The van der Waals surface area contributed by atoms with Crippen LogP contribution in [0.4, 0.5) is 10.1 Å². The number of rotatable bonds is 5. The molecule has 0 aliphatic heterocycles. The predicted molar refractivity (Wildman–Crippen MR) is 114 cm³/mol. The van der Waals surface area contributed by atoms with E-state index < -0.39 is 15.8 Å². The number of carbonyl (C=O) groups excluding carboxylic acids is 1. The van der Waals surface area contributed by atoms with Crippen LogP contribution in [0, 0.1) is 5.82 Å². The van der Waals surface area contributed by atoms with Crippen molar-refractivity contribution in [3.63, 3.8) is 0 Å². The highest BCUT2D eigenvalue weighted by atomic mass is 35.5. The van der Waals surface area contributed by atoms with Gasteiger partial charge in [0.15, 0.2) is 0 Å². The average Bonchev–Trinajstić information content (AvgIpc) is 3.13. The Morgan fingerprint density at radius 3 is 2.53 bits per heavy atom. The third-order valence-corrected chi connectivity index (χ3v) is 6.75. The van der Waals surface area contributed by atoms with Gasteiger partial charge in [-0.3, -0.25) is 9.52 Å². The Labute approximate surface area is 178 Å². The van der Waals surface area contributed by atoms with Crippen LogP contribution in [0.5, 0.6) is 0 Å². The zero-order chi connectivity index (χ0) is 21.3. The summed E-state index contributed by atoms with van der Waals surface area (Å²) in [6.07, 6.45) is 1.70. The van der Waals surface area contributed by atoms with E-state index in [9.17, 15) is 17.6 Å². The van der Waals surface area contributed by atoms with Gasteiger partial charge in [0.05, 0.1) is 21.6 Å². The average molecular weight is 445 g/mol. The monoisotopic (exact) mass is 444 g/mol. The Hall–Kier alpha value is -2.90. The standard InChI is InChI=1S/C22H18ClFN2O3S/c23-19-11-5-15(22(27)25-20-12-6-14-3-1-2-4-18(14)20)13-21(19)26-30(28,29)17-9-7-16(24)8-10-17/h1-5,7-11,13,20,26H,6,12H2,(H,25,27). The maximum atomic E-state index is 13.1. The number of hydrogen-bond acceptors (Lipinski definition) is 3. The van der Waals surface area contributed by atoms with E-state index in [4.69, 9.17) is 11.6 Å². The van der Waals surface area contributed by atoms with E-state index in [0.29, 0.717) is 0 Å². The van der Waals surface area contributed by atoms with Crippen LogP contribution in [0.2, 0.25) is 5.02 Å². The molecular formula is C22H18ClFN2O3S. The molecule has 0 bridgehead atoms. The highest BCUT2D eigenvalue weighted by Gasteiger charge is 2.24. The molecule has 1 unspecified atom stereocenters. The van der Waals surface area contributed by atoms with Crippen LogP contribution in [0.3, 0.4) is 0 Å². The first kappa shape index (κ1) is 20.4. The van der Waals surface area contributed by atoms with Crippen LogP contribution in [0.15, 0.2) is 71.6 Å². The molecular weight excluding hydrogens is 427 g/mol. The Balaban J connectivity index is 1.54. The van der Waals surface area contributed by atoms with Crippen molar-refractivity contribution in [1.29, 1.82) is 0 Å². The fraction of sp³-hybridized carbons (Fsp3) is 0.136. The zero-order valence-electron chi connectivity index (χ0n) is 15.7. The molecule has 3 aromatic carbocycles. The number of hydrogen-bond donors (Lipinski definition) is 2. The molecule has 0 heterocycles. The topological polar surface area (TPSA) is 75.3 Å². The summed E-state index contributed by atoms with van der Waals surface area (Å²) in [5.41, 5.74) is 2.66. The molecule has 1 amide bonds. The van der Waals surface area contributed by atoms with Crippen molar-refractivity contribution in [2.75, 3.05) is 4.72 Å². The fourth-order valence-electron chi connectivity index (χ4n) is 3.51. The number of nitrogens with one attached hydrogen (secondary N) is 2. The molecule has 0 radical (unpaired) electrons. The van der Waals surface area contributed by atoms with Gasteiger partial charge in [-0.15, -0.1) is 0 Å². The lowest BCUT2D eigenvalue weighted by Gasteiger charge is -2.15. The Bertz CT molecular complexity index is 1210. The molecule has 0 fully saturated rings. The summed E-state index contributed by atoms with van der Waals surface area (Å²) in [4.78, 5) is 12.7. The minimum atomic E-state index is -3.99. The Morgan fingerprint density at radius 2 is 1.77 bits per heavy atom. The van der Waals surface area contributed by atoms with Crippen molar-refractivity contribution in [2.45, 2.75) is 23.8 Å². The smallest absolute Gasteiger partial charge is 0.261 e. The molecule has 0 aromatic heterocycles. The molecule has 4 rings (SSSR count). The van der Waals surface area contributed by atoms with Crippen molar-refractivity contribution in [2.24, 2.45) is 0 Å². The van der Waals surface area contributed by atoms with Crippen molar-refractivity contribution < 1.29 is 17.6 Å². The van der Waals surface area contributed by atoms with Gasteiger partial charge in [0, 0.05) is 5.56 Å². The normalized spacial score (nSPS) is 15.5. The number of fused-ring (bicyclic) bond motifs is 1. The minimum Gasteiger partial charge on any atom is -0.345 e. The lowest BCUT2D eigenvalue weighted by molar-refractivity contribution is 0.0936. The number of amides is 1. The van der Waals surface area contributed by atoms with E-state index in [0.717, 1.165) is 42.7 Å². The highest BCUT2D eigenvalue weighted by Crippen LogP contribution is 2.31. The second kappa shape index (κ2) is 8.08. The molecule has 154 valence electrons. The van der Waals surface area contributed by atoms with E-state index in [1.807, 2.05) is 24.3 Å². The molecule has 1 atom stereocenters. The first-order chi connectivity index (χ1) is 14.3. The summed E-state index contributed by atoms with van der Waals surface area (Å²) in [5.74, 6) is -0.866. The molecule has 8 heteroatoms. The number of aryl methyl sites for hydroxylation is 1. The first-order valence-corrected chi connectivity index (χ1v) is 11.2. The van der Waals surface area contributed by atoms with E-state index in [1.54, 1.807) is 0 Å². The summed E-state index contributed by atoms with van der Waals surface area (Å²) < 4.78 is 40.6. The van der Waals surface area contributed by atoms with Crippen LogP contribution in [0.1, 0.15) is 33.9 Å². The van der Waals surface area contributed by atoms with Crippen LogP contribution >= 0.6 is 11.6 Å². The molecule has 0 spiro atoms. The second-order valence-electron chi connectivity index (χ2n) is 7.02. The van der Waals surface area contributed by atoms with Crippen LogP contribution in [-0.2, 0) is 16.4 Å². The third kappa shape index (κ3) is 4.17. The summed E-state index contributed by atoms with van der Waals surface area (Å²) in [7, 11) is -3.99. The van der Waals surface area contributed by atoms with E-state index in [2.05, 4.69) is 10.0 Å². The number of anilines is 1. The molecule has 5 nitrogen and oxygen atoms in total. The van der Waals surface area contributed by atoms with E-state index >= 15 is 0 Å². The van der Waals surface area contributed by atoms with Crippen molar-refractivity contribution in [3.05, 3.63) is 94.3 Å². The fourth-order valence-corrected chi connectivity index (χ4v) is 4.80. The van der Waals surface area contributed by atoms with Gasteiger partial charge in [-0.25, -0.2) is 12.8 Å². The largest absolute Gasteiger partial charge is 0.345 e. The first-order valence-electron chi connectivity index (χ1n) is 9.30. The van der Waals surface area contributed by atoms with Gasteiger partial charge in [-0.05, 0) is 66.4 Å². The van der Waals surface area contributed by atoms with Crippen molar-refractivity contribution >= 4 is 33.2 Å². The molecule has 0 saturated carbocycles. The van der Waals surface area contributed by atoms with Crippen LogP contribution < -0.4 is 10.0 Å². The van der Waals surface area contributed by atoms with E-state index in [1.165, 1.54) is 23.8 Å². The summed E-state index contributed by atoms with van der Waals surface area (Å²) in [6, 6.07) is 16.7. The molecule has 1 aliphatic carbocycles. The molecule has 0 saturated heterocycles. The SMILES string of the molecule is O=C(NC1CCc2ccccc21)c1ccc(Cl)c(NS(=O)(=O)c2ccc(F)cc2)c1. The maximum Gasteiger partial charge on any atom is 0.261 e. The van der Waals surface area contributed by atoms with Crippen LogP contribution in [0.25, 0.3) is 0 Å². The zero-order valence-corrected chi connectivity index (χ0v) is 17.3. The van der Waals surface area contributed by atoms with Gasteiger partial charge >= 0.3 is 0 Å². The summed E-state index contributed by atoms with van der Waals surface area (Å²) in [6.45, 7) is 0. The van der Waals surface area contributed by atoms with Gasteiger partial charge in [0.2, 0.25) is 0 Å². The summed E-state index contributed by atoms with van der Waals surface area (Å²) >= 11 is 6.14. The molecule has 1 aliphatic rings. The Kier molecular flexibility index (Phi) is 5.49.